The van der Waals surface area contributed by atoms with Gasteiger partial charge in [0.2, 0.25) is 4.96 Å². The molecule has 0 amide bonds. The van der Waals surface area contributed by atoms with Crippen LogP contribution in [0.1, 0.15) is 64.5 Å². The first-order valence-corrected chi connectivity index (χ1v) is 12.4. The summed E-state index contributed by atoms with van der Waals surface area (Å²) in [7, 11) is 0. The Kier molecular flexibility index (Phi) is 6.94. The fourth-order valence-corrected chi connectivity index (χ4v) is 4.56. The molecule has 0 saturated carbocycles. The van der Waals surface area contributed by atoms with Crippen LogP contribution in [0.25, 0.3) is 22.4 Å². The van der Waals surface area contributed by atoms with Gasteiger partial charge in [0.05, 0.1) is 11.1 Å². The quantitative estimate of drug-likeness (QED) is 0.320. The SMILES string of the molecule is CCCCCCOc1ccccc1C=c1sc2nc(-c3ccc(C(C)(C)C)cc3)nn2c1=O. The Morgan fingerprint density at radius 1 is 1.03 bits per heavy atom. The third-order valence-corrected chi connectivity index (χ3v) is 6.61. The summed E-state index contributed by atoms with van der Waals surface area (Å²) in [6, 6.07) is 16.1. The van der Waals surface area contributed by atoms with Crippen molar-refractivity contribution in [3.63, 3.8) is 0 Å². The first kappa shape index (κ1) is 23.2. The molecule has 4 aromatic rings. The van der Waals surface area contributed by atoms with E-state index in [0.717, 1.165) is 23.3 Å². The van der Waals surface area contributed by atoms with Gasteiger partial charge in [-0.1, -0.05) is 101 Å². The number of ether oxygens (including phenoxy) is 1. The van der Waals surface area contributed by atoms with Crippen LogP contribution in [0.4, 0.5) is 0 Å². The van der Waals surface area contributed by atoms with E-state index in [0.29, 0.717) is 21.9 Å². The number of benzene rings is 2. The van der Waals surface area contributed by atoms with Crippen LogP contribution in [0.2, 0.25) is 0 Å². The number of nitrogens with zero attached hydrogens (tertiary/aromatic N) is 3. The topological polar surface area (TPSA) is 56.5 Å². The summed E-state index contributed by atoms with van der Waals surface area (Å²) in [5.74, 6) is 1.37. The Morgan fingerprint density at radius 2 is 1.79 bits per heavy atom. The van der Waals surface area contributed by atoms with E-state index in [2.05, 4.69) is 49.9 Å². The maximum atomic E-state index is 13.0. The van der Waals surface area contributed by atoms with E-state index in [4.69, 9.17) is 4.74 Å². The zero-order valence-corrected chi connectivity index (χ0v) is 20.6. The normalized spacial score (nSPS) is 12.5. The highest BCUT2D eigenvalue weighted by molar-refractivity contribution is 7.15. The molecule has 2 aromatic carbocycles. The lowest BCUT2D eigenvalue weighted by molar-refractivity contribution is 0.304. The van der Waals surface area contributed by atoms with Crippen LogP contribution >= 0.6 is 11.3 Å². The highest BCUT2D eigenvalue weighted by Crippen LogP contribution is 2.25. The van der Waals surface area contributed by atoms with E-state index >= 15 is 0 Å². The number of rotatable bonds is 8. The second-order valence-electron chi connectivity index (χ2n) is 9.32. The van der Waals surface area contributed by atoms with Gasteiger partial charge in [-0.15, -0.1) is 5.10 Å². The van der Waals surface area contributed by atoms with Crippen LogP contribution in [-0.4, -0.2) is 21.2 Å². The van der Waals surface area contributed by atoms with Crippen LogP contribution < -0.4 is 14.8 Å². The van der Waals surface area contributed by atoms with Gasteiger partial charge in [0.25, 0.3) is 5.56 Å². The largest absolute Gasteiger partial charge is 0.493 e. The molecule has 5 nitrogen and oxygen atoms in total. The third-order valence-electron chi connectivity index (χ3n) is 5.65. The monoisotopic (exact) mass is 461 g/mol. The molecule has 0 aliphatic rings. The molecule has 4 rings (SSSR count). The summed E-state index contributed by atoms with van der Waals surface area (Å²) in [4.78, 5) is 18.2. The standard InChI is InChI=1S/C27H31N3O2S/c1-5-6-7-10-17-32-22-12-9-8-11-20(22)18-23-25(31)30-26(33-23)28-24(29-30)19-13-15-21(16-14-19)27(2,3)4/h8-9,11-16,18H,5-7,10,17H2,1-4H3. The van der Waals surface area contributed by atoms with Gasteiger partial charge in [0.1, 0.15) is 5.75 Å². The summed E-state index contributed by atoms with van der Waals surface area (Å²) < 4.78 is 7.99. The molecule has 0 saturated heterocycles. The number of para-hydroxylation sites is 1. The fraction of sp³-hybridized carbons (Fsp3) is 0.370. The van der Waals surface area contributed by atoms with Gasteiger partial charge >= 0.3 is 0 Å². The summed E-state index contributed by atoms with van der Waals surface area (Å²) in [5, 5.41) is 4.49. The van der Waals surface area contributed by atoms with Gasteiger partial charge in [-0.25, -0.2) is 0 Å². The maximum Gasteiger partial charge on any atom is 0.291 e. The zero-order chi connectivity index (χ0) is 23.4. The van der Waals surface area contributed by atoms with Crippen molar-refractivity contribution in [1.82, 2.24) is 14.6 Å². The van der Waals surface area contributed by atoms with Crippen molar-refractivity contribution in [2.75, 3.05) is 6.61 Å². The number of thiazole rings is 1. The lowest BCUT2D eigenvalue weighted by Gasteiger charge is -2.18. The van der Waals surface area contributed by atoms with Crippen LogP contribution in [0.5, 0.6) is 5.75 Å². The van der Waals surface area contributed by atoms with E-state index in [1.807, 2.05) is 42.5 Å². The van der Waals surface area contributed by atoms with Gasteiger partial charge in [-0.3, -0.25) is 4.79 Å². The maximum absolute atomic E-state index is 13.0. The molecular weight excluding hydrogens is 430 g/mol. The Labute approximate surface area is 198 Å². The summed E-state index contributed by atoms with van der Waals surface area (Å²) in [5.41, 5.74) is 2.99. The molecule has 0 bridgehead atoms. The Hall–Kier alpha value is -2.99. The fourth-order valence-electron chi connectivity index (χ4n) is 3.66. The Bertz CT molecular complexity index is 1330. The highest BCUT2D eigenvalue weighted by Gasteiger charge is 2.16. The molecule has 0 atom stereocenters. The molecule has 0 N–H and O–H groups in total. The first-order chi connectivity index (χ1) is 15.9. The van der Waals surface area contributed by atoms with Crippen molar-refractivity contribution in [3.05, 3.63) is 74.5 Å². The molecule has 0 unspecified atom stereocenters. The van der Waals surface area contributed by atoms with Gasteiger partial charge < -0.3 is 4.74 Å². The van der Waals surface area contributed by atoms with Crippen molar-refractivity contribution >= 4 is 22.4 Å². The predicted molar refractivity (Wildman–Crippen MR) is 136 cm³/mol. The molecule has 33 heavy (non-hydrogen) atoms. The number of hydrogen-bond acceptors (Lipinski definition) is 5. The molecule has 0 fully saturated rings. The molecule has 2 aromatic heterocycles. The minimum absolute atomic E-state index is 0.0863. The molecule has 0 aliphatic heterocycles. The predicted octanol–water partition coefficient (Wildman–Crippen LogP) is 5.62. The molecule has 0 spiro atoms. The number of unbranched alkanes of at least 4 members (excludes halogenated alkanes) is 3. The minimum Gasteiger partial charge on any atom is -0.493 e. The van der Waals surface area contributed by atoms with Crippen LogP contribution in [0, 0.1) is 0 Å². The molecular formula is C27H31N3O2S. The van der Waals surface area contributed by atoms with Crippen molar-refractivity contribution in [2.45, 2.75) is 58.8 Å². The van der Waals surface area contributed by atoms with Crippen LogP contribution in [0.15, 0.2) is 53.3 Å². The van der Waals surface area contributed by atoms with Gasteiger partial charge in [0.15, 0.2) is 5.82 Å². The van der Waals surface area contributed by atoms with Crippen LogP contribution in [0.3, 0.4) is 0 Å². The van der Waals surface area contributed by atoms with Gasteiger partial charge in [0, 0.05) is 11.1 Å². The van der Waals surface area contributed by atoms with Crippen molar-refractivity contribution in [2.24, 2.45) is 0 Å². The van der Waals surface area contributed by atoms with E-state index in [1.54, 1.807) is 0 Å². The summed E-state index contributed by atoms with van der Waals surface area (Å²) in [6.07, 6.45) is 6.51. The van der Waals surface area contributed by atoms with E-state index in [-0.39, 0.29) is 11.0 Å². The summed E-state index contributed by atoms with van der Waals surface area (Å²) in [6.45, 7) is 9.43. The Balaban J connectivity index is 1.59. The van der Waals surface area contributed by atoms with Crippen molar-refractivity contribution < 1.29 is 4.74 Å². The average molecular weight is 462 g/mol. The molecule has 172 valence electrons. The molecule has 0 aliphatic carbocycles. The van der Waals surface area contributed by atoms with Gasteiger partial charge in [-0.05, 0) is 29.5 Å². The number of fused-ring (bicyclic) bond motifs is 1. The lowest BCUT2D eigenvalue weighted by Crippen LogP contribution is -2.23. The minimum atomic E-state index is -0.155. The molecule has 6 heteroatoms. The third kappa shape index (κ3) is 5.33. The van der Waals surface area contributed by atoms with E-state index in [1.165, 1.54) is 40.7 Å². The highest BCUT2D eigenvalue weighted by atomic mass is 32.1. The smallest absolute Gasteiger partial charge is 0.291 e. The average Bonchev–Trinajstić information content (AvgIpc) is 3.33. The molecule has 0 radical (unpaired) electrons. The van der Waals surface area contributed by atoms with Gasteiger partial charge in [-0.2, -0.15) is 9.50 Å². The van der Waals surface area contributed by atoms with Crippen molar-refractivity contribution in [1.29, 1.82) is 0 Å². The number of aromatic nitrogens is 3. The van der Waals surface area contributed by atoms with Crippen LogP contribution in [-0.2, 0) is 5.41 Å². The zero-order valence-electron chi connectivity index (χ0n) is 19.8. The second kappa shape index (κ2) is 9.87. The second-order valence-corrected chi connectivity index (χ2v) is 10.3. The van der Waals surface area contributed by atoms with Crippen molar-refractivity contribution in [3.8, 4) is 17.1 Å². The number of hydrogen-bond donors (Lipinski definition) is 0. The Morgan fingerprint density at radius 3 is 2.48 bits per heavy atom. The first-order valence-electron chi connectivity index (χ1n) is 11.6. The lowest BCUT2D eigenvalue weighted by atomic mass is 9.87. The molecule has 2 heterocycles. The van der Waals surface area contributed by atoms with E-state index < -0.39 is 0 Å². The summed E-state index contributed by atoms with van der Waals surface area (Å²) >= 11 is 1.35. The van der Waals surface area contributed by atoms with E-state index in [9.17, 15) is 4.79 Å².